The van der Waals surface area contributed by atoms with Crippen LogP contribution < -0.4 is 5.73 Å². The Hall–Kier alpha value is -1.88. The van der Waals surface area contributed by atoms with Crippen molar-refractivity contribution in [1.29, 1.82) is 0 Å². The van der Waals surface area contributed by atoms with Crippen LogP contribution in [0.15, 0.2) is 24.3 Å². The molecular weight excluding hydrogens is 282 g/mol. The van der Waals surface area contributed by atoms with Gasteiger partial charge in [-0.05, 0) is 49.1 Å². The van der Waals surface area contributed by atoms with Gasteiger partial charge in [-0.3, -0.25) is 9.59 Å². The number of rotatable bonds is 5. The monoisotopic (exact) mass is 303 g/mol. The molecule has 1 saturated carbocycles. The van der Waals surface area contributed by atoms with Crippen LogP contribution in [0.3, 0.4) is 0 Å². The minimum atomic E-state index is -1.45. The molecule has 3 rings (SSSR count). The molecule has 2 aliphatic carbocycles. The molecule has 0 saturated heterocycles. The summed E-state index contributed by atoms with van der Waals surface area (Å²) in [6.07, 6.45) is 3.62. The Morgan fingerprint density at radius 2 is 2.00 bits per heavy atom. The molecule has 1 aromatic rings. The van der Waals surface area contributed by atoms with Crippen LogP contribution in [0.2, 0.25) is 0 Å². The van der Waals surface area contributed by atoms with Crippen molar-refractivity contribution in [2.24, 2.45) is 17.6 Å². The molecule has 1 fully saturated rings. The molecular formula is C17H21NO4. The van der Waals surface area contributed by atoms with E-state index in [2.05, 4.69) is 6.07 Å². The maximum absolute atomic E-state index is 11.7. The Labute approximate surface area is 129 Å². The number of aliphatic carboxylic acids is 2. The molecule has 4 atom stereocenters. The smallest absolute Gasteiger partial charge is 0.324 e. The molecule has 0 aliphatic heterocycles. The highest BCUT2D eigenvalue weighted by molar-refractivity contribution is 5.83. The summed E-state index contributed by atoms with van der Waals surface area (Å²) < 4.78 is 0. The average Bonchev–Trinajstić information content (AvgIpc) is 3.28. The highest BCUT2D eigenvalue weighted by Gasteiger charge is 2.58. The molecule has 0 radical (unpaired) electrons. The molecule has 0 bridgehead atoms. The zero-order valence-corrected chi connectivity index (χ0v) is 12.4. The fraction of sp³-hybridized carbons (Fsp3) is 0.529. The van der Waals surface area contributed by atoms with Crippen molar-refractivity contribution < 1.29 is 19.8 Å². The lowest BCUT2D eigenvalue weighted by Gasteiger charge is -2.33. The highest BCUT2D eigenvalue weighted by atomic mass is 16.4. The quantitative estimate of drug-likeness (QED) is 0.772. The van der Waals surface area contributed by atoms with Crippen molar-refractivity contribution in [3.8, 4) is 0 Å². The molecule has 5 nitrogen and oxygen atoms in total. The molecule has 118 valence electrons. The van der Waals surface area contributed by atoms with E-state index < -0.39 is 29.3 Å². The summed E-state index contributed by atoms with van der Waals surface area (Å²) in [6.45, 7) is 0. The second kappa shape index (κ2) is 5.39. The van der Waals surface area contributed by atoms with Gasteiger partial charge in [-0.15, -0.1) is 0 Å². The molecule has 1 aromatic carbocycles. The topological polar surface area (TPSA) is 101 Å². The van der Waals surface area contributed by atoms with Crippen LogP contribution in [0.1, 0.15) is 42.7 Å². The van der Waals surface area contributed by atoms with Crippen LogP contribution in [-0.2, 0) is 16.0 Å². The maximum Gasteiger partial charge on any atom is 0.324 e. The summed E-state index contributed by atoms with van der Waals surface area (Å²) >= 11 is 0. The molecule has 2 unspecified atom stereocenters. The number of carboxylic acids is 2. The van der Waals surface area contributed by atoms with Gasteiger partial charge < -0.3 is 15.9 Å². The largest absolute Gasteiger partial charge is 0.481 e. The second-order valence-electron chi connectivity index (χ2n) is 6.62. The standard InChI is InChI=1S/C17H21NO4/c18-17(16(21)22,14-8-13(14)15(19)20)9-11-6-3-5-10-4-1-2-7-12(10)11/h1-2,4,7,11,13-14H,3,5-6,8-9,18H2,(H,19,20)(H,21,22)/t11?,13-,14-,17?/m0/s1. The first kappa shape index (κ1) is 15.0. The van der Waals surface area contributed by atoms with Gasteiger partial charge in [0, 0.05) is 5.92 Å². The number of carboxylic acid groups (broad SMARTS) is 2. The van der Waals surface area contributed by atoms with E-state index in [4.69, 9.17) is 10.8 Å². The Balaban J connectivity index is 1.84. The fourth-order valence-corrected chi connectivity index (χ4v) is 3.91. The van der Waals surface area contributed by atoms with Gasteiger partial charge in [-0.1, -0.05) is 24.3 Å². The van der Waals surface area contributed by atoms with Crippen LogP contribution in [-0.4, -0.2) is 27.7 Å². The van der Waals surface area contributed by atoms with Gasteiger partial charge in [0.05, 0.1) is 5.92 Å². The predicted octanol–water partition coefficient (Wildman–Crippen LogP) is 2.00. The molecule has 0 heterocycles. The lowest BCUT2D eigenvalue weighted by atomic mass is 9.74. The summed E-state index contributed by atoms with van der Waals surface area (Å²) in [6, 6.07) is 8.09. The average molecular weight is 303 g/mol. The van der Waals surface area contributed by atoms with E-state index in [1.807, 2.05) is 18.2 Å². The van der Waals surface area contributed by atoms with E-state index in [-0.39, 0.29) is 5.92 Å². The first-order valence-corrected chi connectivity index (χ1v) is 7.76. The third-order valence-corrected chi connectivity index (χ3v) is 5.25. The zero-order chi connectivity index (χ0) is 15.9. The maximum atomic E-state index is 11.7. The minimum Gasteiger partial charge on any atom is -0.481 e. The first-order chi connectivity index (χ1) is 10.4. The van der Waals surface area contributed by atoms with E-state index in [1.165, 1.54) is 11.1 Å². The van der Waals surface area contributed by atoms with Crippen LogP contribution in [0.5, 0.6) is 0 Å². The zero-order valence-electron chi connectivity index (χ0n) is 12.4. The number of nitrogens with two attached hydrogens (primary N) is 1. The lowest BCUT2D eigenvalue weighted by Crippen LogP contribution is -2.52. The van der Waals surface area contributed by atoms with Crippen molar-refractivity contribution in [2.75, 3.05) is 0 Å². The van der Waals surface area contributed by atoms with Gasteiger partial charge in [-0.2, -0.15) is 0 Å². The van der Waals surface area contributed by atoms with Crippen molar-refractivity contribution in [3.63, 3.8) is 0 Å². The molecule has 0 aromatic heterocycles. The number of benzene rings is 1. The molecule has 2 aliphatic rings. The van der Waals surface area contributed by atoms with E-state index in [0.717, 1.165) is 19.3 Å². The number of carbonyl (C=O) groups is 2. The molecule has 4 N–H and O–H groups in total. The van der Waals surface area contributed by atoms with Gasteiger partial charge in [0.2, 0.25) is 0 Å². The van der Waals surface area contributed by atoms with Crippen LogP contribution in [0.4, 0.5) is 0 Å². The van der Waals surface area contributed by atoms with Gasteiger partial charge >= 0.3 is 11.9 Å². The summed E-state index contributed by atoms with van der Waals surface area (Å²) in [5, 5.41) is 18.7. The van der Waals surface area contributed by atoms with Crippen molar-refractivity contribution >= 4 is 11.9 Å². The SMILES string of the molecule is NC(CC1CCCc2ccccc21)(C(=O)O)[C@H]1C[C@@H]1C(=O)O. The van der Waals surface area contributed by atoms with Gasteiger partial charge in [-0.25, -0.2) is 0 Å². The summed E-state index contributed by atoms with van der Waals surface area (Å²) in [7, 11) is 0. The molecule has 0 spiro atoms. The third kappa shape index (κ3) is 2.50. The number of aryl methyl sites for hydroxylation is 1. The van der Waals surface area contributed by atoms with Crippen molar-refractivity contribution in [1.82, 2.24) is 0 Å². The van der Waals surface area contributed by atoms with Gasteiger partial charge in [0.1, 0.15) is 5.54 Å². The summed E-state index contributed by atoms with van der Waals surface area (Å²) in [4.78, 5) is 22.8. The lowest BCUT2D eigenvalue weighted by molar-refractivity contribution is -0.145. The normalized spacial score (nSPS) is 29.2. The molecule has 0 amide bonds. The molecule has 22 heavy (non-hydrogen) atoms. The van der Waals surface area contributed by atoms with E-state index in [9.17, 15) is 14.7 Å². The van der Waals surface area contributed by atoms with Gasteiger partial charge in [0.25, 0.3) is 0 Å². The van der Waals surface area contributed by atoms with E-state index >= 15 is 0 Å². The Kier molecular flexibility index (Phi) is 3.68. The number of hydrogen-bond donors (Lipinski definition) is 3. The van der Waals surface area contributed by atoms with Crippen LogP contribution in [0, 0.1) is 11.8 Å². The van der Waals surface area contributed by atoms with Crippen molar-refractivity contribution in [3.05, 3.63) is 35.4 Å². The van der Waals surface area contributed by atoms with Crippen molar-refractivity contribution in [2.45, 2.75) is 43.6 Å². The second-order valence-corrected chi connectivity index (χ2v) is 6.62. The fourth-order valence-electron chi connectivity index (χ4n) is 3.91. The summed E-state index contributed by atoms with van der Waals surface area (Å²) in [5.74, 6) is -2.99. The van der Waals surface area contributed by atoms with E-state index in [0.29, 0.717) is 12.8 Å². The Morgan fingerprint density at radius 3 is 2.64 bits per heavy atom. The molecule has 5 heteroatoms. The number of hydrogen-bond acceptors (Lipinski definition) is 3. The highest BCUT2D eigenvalue weighted by Crippen LogP contribution is 2.50. The predicted molar refractivity (Wildman–Crippen MR) is 80.5 cm³/mol. The third-order valence-electron chi connectivity index (χ3n) is 5.25. The Morgan fingerprint density at radius 1 is 1.27 bits per heavy atom. The first-order valence-electron chi connectivity index (χ1n) is 7.76. The Bertz CT molecular complexity index is 614. The van der Waals surface area contributed by atoms with Gasteiger partial charge in [0.15, 0.2) is 0 Å². The number of fused-ring (bicyclic) bond motifs is 1. The summed E-state index contributed by atoms with van der Waals surface area (Å²) in [5.41, 5.74) is 7.19. The van der Waals surface area contributed by atoms with Crippen LogP contribution >= 0.6 is 0 Å². The van der Waals surface area contributed by atoms with Crippen LogP contribution in [0.25, 0.3) is 0 Å². The van der Waals surface area contributed by atoms with E-state index in [1.54, 1.807) is 0 Å². The minimum absolute atomic E-state index is 0.0982.